The molecule has 20 heavy (non-hydrogen) atoms. The molecule has 2 rings (SSSR count). The average Bonchev–Trinajstić information content (AvgIpc) is 2.50. The van der Waals surface area contributed by atoms with E-state index in [4.69, 9.17) is 19.9 Å². The van der Waals surface area contributed by atoms with E-state index in [1.54, 1.807) is 14.2 Å². The van der Waals surface area contributed by atoms with Gasteiger partial charge in [-0.1, -0.05) is 0 Å². The van der Waals surface area contributed by atoms with Crippen LogP contribution in [0.5, 0.6) is 11.5 Å². The topological polar surface area (TPSA) is 57.0 Å². The van der Waals surface area contributed by atoms with Crippen LogP contribution in [0.2, 0.25) is 0 Å². The van der Waals surface area contributed by atoms with Crippen LogP contribution in [0.1, 0.15) is 17.2 Å². The molecule has 1 saturated heterocycles. The zero-order valence-corrected chi connectivity index (χ0v) is 12.5. The van der Waals surface area contributed by atoms with Crippen molar-refractivity contribution in [1.29, 1.82) is 0 Å². The molecule has 1 atom stereocenters. The van der Waals surface area contributed by atoms with Gasteiger partial charge in [-0.05, 0) is 24.6 Å². The lowest BCUT2D eigenvalue weighted by molar-refractivity contribution is 0.0174. The number of rotatable bonds is 5. The number of nitrogens with zero attached hydrogens (tertiary/aromatic N) is 1. The molecule has 1 aliphatic rings. The fourth-order valence-electron chi connectivity index (χ4n) is 2.70. The predicted octanol–water partition coefficient (Wildman–Crippen LogP) is 1.34. The van der Waals surface area contributed by atoms with Gasteiger partial charge in [-0.15, -0.1) is 0 Å². The van der Waals surface area contributed by atoms with Crippen molar-refractivity contribution < 1.29 is 14.2 Å². The minimum Gasteiger partial charge on any atom is -0.496 e. The van der Waals surface area contributed by atoms with Gasteiger partial charge in [0.25, 0.3) is 0 Å². The number of hydrogen-bond acceptors (Lipinski definition) is 5. The normalized spacial score (nSPS) is 17.8. The Morgan fingerprint density at radius 1 is 1.20 bits per heavy atom. The number of ether oxygens (including phenoxy) is 3. The van der Waals surface area contributed by atoms with Crippen LogP contribution in [0.3, 0.4) is 0 Å². The molecule has 0 radical (unpaired) electrons. The number of nitrogens with two attached hydrogens (primary N) is 1. The van der Waals surface area contributed by atoms with E-state index in [-0.39, 0.29) is 6.04 Å². The highest BCUT2D eigenvalue weighted by Gasteiger charge is 2.25. The molecule has 5 heteroatoms. The summed E-state index contributed by atoms with van der Waals surface area (Å²) >= 11 is 0. The highest BCUT2D eigenvalue weighted by Crippen LogP contribution is 2.34. The molecule has 1 aromatic rings. The predicted molar refractivity (Wildman–Crippen MR) is 78.5 cm³/mol. The van der Waals surface area contributed by atoms with Crippen LogP contribution >= 0.6 is 0 Å². The lowest BCUT2D eigenvalue weighted by Crippen LogP contribution is -2.41. The second-order valence-corrected chi connectivity index (χ2v) is 4.96. The summed E-state index contributed by atoms with van der Waals surface area (Å²) in [5.74, 6) is 1.73. The molecule has 0 aromatic heterocycles. The summed E-state index contributed by atoms with van der Waals surface area (Å²) < 4.78 is 16.4. The van der Waals surface area contributed by atoms with Gasteiger partial charge in [-0.25, -0.2) is 0 Å². The lowest BCUT2D eigenvalue weighted by atomic mass is 10.0. The first-order chi connectivity index (χ1) is 9.71. The molecular formula is C15H24N2O3. The van der Waals surface area contributed by atoms with Crippen LogP contribution in [-0.2, 0) is 4.74 Å². The summed E-state index contributed by atoms with van der Waals surface area (Å²) in [5, 5.41) is 0. The molecule has 1 unspecified atom stereocenters. The minimum atomic E-state index is 0.128. The molecule has 2 N–H and O–H groups in total. The van der Waals surface area contributed by atoms with Crippen LogP contribution in [-0.4, -0.2) is 52.0 Å². The quantitative estimate of drug-likeness (QED) is 0.882. The molecule has 1 fully saturated rings. The monoisotopic (exact) mass is 280 g/mol. The SMILES string of the molecule is COc1cc(C(CN)N2CCOCC2)c(OC)cc1C. The van der Waals surface area contributed by atoms with Crippen LogP contribution in [0.25, 0.3) is 0 Å². The fourth-order valence-corrected chi connectivity index (χ4v) is 2.70. The van der Waals surface area contributed by atoms with E-state index in [1.165, 1.54) is 0 Å². The number of benzene rings is 1. The molecular weight excluding hydrogens is 256 g/mol. The first-order valence-corrected chi connectivity index (χ1v) is 6.95. The van der Waals surface area contributed by atoms with Gasteiger partial charge >= 0.3 is 0 Å². The smallest absolute Gasteiger partial charge is 0.124 e. The Morgan fingerprint density at radius 3 is 2.40 bits per heavy atom. The second-order valence-electron chi connectivity index (χ2n) is 4.96. The van der Waals surface area contributed by atoms with E-state index in [0.29, 0.717) is 6.54 Å². The third-order valence-corrected chi connectivity index (χ3v) is 3.82. The van der Waals surface area contributed by atoms with Crippen LogP contribution in [0.4, 0.5) is 0 Å². The Labute approximate surface area is 120 Å². The van der Waals surface area contributed by atoms with Gasteiger partial charge in [0, 0.05) is 25.2 Å². The molecule has 112 valence electrons. The summed E-state index contributed by atoms with van der Waals surface area (Å²) in [6.07, 6.45) is 0. The summed E-state index contributed by atoms with van der Waals surface area (Å²) in [5.41, 5.74) is 8.15. The summed E-state index contributed by atoms with van der Waals surface area (Å²) in [6, 6.07) is 4.18. The van der Waals surface area contributed by atoms with Crippen molar-refractivity contribution >= 4 is 0 Å². The Hall–Kier alpha value is -1.30. The van der Waals surface area contributed by atoms with Crippen molar-refractivity contribution in [2.24, 2.45) is 5.73 Å². The Bertz CT molecular complexity index is 445. The molecule has 1 aliphatic heterocycles. The molecule has 0 spiro atoms. The van der Waals surface area contributed by atoms with Gasteiger partial charge in [0.2, 0.25) is 0 Å². The van der Waals surface area contributed by atoms with Crippen molar-refractivity contribution in [3.63, 3.8) is 0 Å². The third kappa shape index (κ3) is 3.06. The summed E-state index contributed by atoms with van der Waals surface area (Å²) in [4.78, 5) is 2.34. The molecule has 1 heterocycles. The number of hydrogen-bond donors (Lipinski definition) is 1. The van der Waals surface area contributed by atoms with Crippen LogP contribution in [0, 0.1) is 6.92 Å². The van der Waals surface area contributed by atoms with E-state index in [9.17, 15) is 0 Å². The maximum absolute atomic E-state index is 6.01. The van der Waals surface area contributed by atoms with Crippen molar-refractivity contribution in [3.8, 4) is 11.5 Å². The number of aryl methyl sites for hydroxylation is 1. The maximum atomic E-state index is 6.01. The van der Waals surface area contributed by atoms with Gasteiger partial charge in [0.05, 0.1) is 33.5 Å². The minimum absolute atomic E-state index is 0.128. The Morgan fingerprint density at radius 2 is 1.85 bits per heavy atom. The van der Waals surface area contributed by atoms with Crippen LogP contribution < -0.4 is 15.2 Å². The van der Waals surface area contributed by atoms with Gasteiger partial charge in [0.15, 0.2) is 0 Å². The average molecular weight is 280 g/mol. The second kappa shape index (κ2) is 6.92. The molecule has 0 saturated carbocycles. The first kappa shape index (κ1) is 15.1. The zero-order chi connectivity index (χ0) is 14.5. The number of methoxy groups -OCH3 is 2. The van der Waals surface area contributed by atoms with E-state index >= 15 is 0 Å². The molecule has 5 nitrogen and oxygen atoms in total. The van der Waals surface area contributed by atoms with E-state index < -0.39 is 0 Å². The molecule has 1 aromatic carbocycles. The van der Waals surface area contributed by atoms with Gasteiger partial charge in [-0.3, -0.25) is 4.90 Å². The fraction of sp³-hybridized carbons (Fsp3) is 0.600. The third-order valence-electron chi connectivity index (χ3n) is 3.82. The Kier molecular flexibility index (Phi) is 5.23. The van der Waals surface area contributed by atoms with Crippen molar-refractivity contribution in [1.82, 2.24) is 4.90 Å². The lowest BCUT2D eigenvalue weighted by Gasteiger charge is -2.34. The molecule has 0 bridgehead atoms. The van der Waals surface area contributed by atoms with Crippen molar-refractivity contribution in [3.05, 3.63) is 23.3 Å². The molecule has 0 amide bonds. The standard InChI is InChI=1S/C15H24N2O3/c1-11-8-15(19-3)12(9-14(11)18-2)13(10-16)17-4-6-20-7-5-17/h8-9,13H,4-7,10,16H2,1-3H3. The first-order valence-electron chi connectivity index (χ1n) is 6.95. The summed E-state index contributed by atoms with van der Waals surface area (Å²) in [6.45, 7) is 5.84. The maximum Gasteiger partial charge on any atom is 0.124 e. The highest BCUT2D eigenvalue weighted by atomic mass is 16.5. The van der Waals surface area contributed by atoms with Gasteiger partial charge in [0.1, 0.15) is 11.5 Å². The molecule has 0 aliphatic carbocycles. The van der Waals surface area contributed by atoms with Crippen molar-refractivity contribution in [2.75, 3.05) is 47.1 Å². The van der Waals surface area contributed by atoms with Gasteiger partial charge < -0.3 is 19.9 Å². The van der Waals surface area contributed by atoms with Crippen molar-refractivity contribution in [2.45, 2.75) is 13.0 Å². The zero-order valence-electron chi connectivity index (χ0n) is 12.5. The van der Waals surface area contributed by atoms with E-state index in [2.05, 4.69) is 4.90 Å². The van der Waals surface area contributed by atoms with Gasteiger partial charge in [-0.2, -0.15) is 0 Å². The number of morpholine rings is 1. The largest absolute Gasteiger partial charge is 0.496 e. The highest BCUT2D eigenvalue weighted by molar-refractivity contribution is 5.47. The Balaban J connectivity index is 2.36. The van der Waals surface area contributed by atoms with E-state index in [0.717, 1.165) is 48.9 Å². The van der Waals surface area contributed by atoms with E-state index in [1.807, 2.05) is 19.1 Å². The summed E-state index contributed by atoms with van der Waals surface area (Å²) in [7, 11) is 3.38. The van der Waals surface area contributed by atoms with Crippen LogP contribution in [0.15, 0.2) is 12.1 Å².